The summed E-state index contributed by atoms with van der Waals surface area (Å²) in [6.07, 6.45) is 4.70. The number of nitrogens with zero attached hydrogens (tertiary/aromatic N) is 2. The van der Waals surface area contributed by atoms with Crippen LogP contribution in [0.2, 0.25) is 0 Å². The average molecular weight is 348 g/mol. The Kier molecular flexibility index (Phi) is 4.82. The van der Waals surface area contributed by atoms with Gasteiger partial charge in [-0.1, -0.05) is 61.9 Å². The smallest absolute Gasteiger partial charge is 0.242 e. The summed E-state index contributed by atoms with van der Waals surface area (Å²) in [4.78, 5) is 18.2. The average Bonchev–Trinajstić information content (AvgIpc) is 2.96. The molecule has 1 unspecified atom stereocenters. The van der Waals surface area contributed by atoms with Crippen molar-refractivity contribution >= 4 is 11.6 Å². The van der Waals surface area contributed by atoms with Gasteiger partial charge in [0.1, 0.15) is 5.41 Å². The van der Waals surface area contributed by atoms with Crippen LogP contribution in [0.5, 0.6) is 0 Å². The van der Waals surface area contributed by atoms with Crippen molar-refractivity contribution in [3.63, 3.8) is 0 Å². The van der Waals surface area contributed by atoms with E-state index in [1.165, 1.54) is 32.4 Å². The number of hydrogen-bond donors (Lipinski definition) is 0. The molecule has 4 rings (SSSR count). The van der Waals surface area contributed by atoms with Crippen molar-refractivity contribution < 1.29 is 4.79 Å². The van der Waals surface area contributed by atoms with Crippen molar-refractivity contribution in [2.75, 3.05) is 31.1 Å². The molecular weight excluding hydrogens is 320 g/mol. The summed E-state index contributed by atoms with van der Waals surface area (Å²) in [5.41, 5.74) is 2.83. The number of fused-ring (bicyclic) bond motifs is 1. The van der Waals surface area contributed by atoms with Crippen LogP contribution in [-0.4, -0.2) is 37.0 Å². The zero-order chi connectivity index (χ0) is 18.0. The molecule has 0 bridgehead atoms. The lowest BCUT2D eigenvalue weighted by atomic mass is 9.73. The Morgan fingerprint density at radius 1 is 0.885 bits per heavy atom. The van der Waals surface area contributed by atoms with E-state index in [1.54, 1.807) is 0 Å². The predicted octanol–water partition coefficient (Wildman–Crippen LogP) is 4.22. The van der Waals surface area contributed by atoms with Crippen LogP contribution < -0.4 is 4.90 Å². The quantitative estimate of drug-likeness (QED) is 0.808. The van der Waals surface area contributed by atoms with Crippen LogP contribution in [0, 0.1) is 0 Å². The molecule has 0 aliphatic carbocycles. The van der Waals surface area contributed by atoms with Gasteiger partial charge in [0.25, 0.3) is 0 Å². The molecule has 0 N–H and O–H groups in total. The molecule has 3 heteroatoms. The van der Waals surface area contributed by atoms with Crippen molar-refractivity contribution in [3.8, 4) is 0 Å². The largest absolute Gasteiger partial charge is 0.310 e. The van der Waals surface area contributed by atoms with Crippen LogP contribution in [-0.2, 0) is 10.2 Å². The normalized spacial score (nSPS) is 23.3. The van der Waals surface area contributed by atoms with Gasteiger partial charge in [0.2, 0.25) is 5.91 Å². The van der Waals surface area contributed by atoms with E-state index in [0.717, 1.165) is 36.3 Å². The van der Waals surface area contributed by atoms with E-state index in [0.29, 0.717) is 0 Å². The number of hydrogen-bond acceptors (Lipinski definition) is 2. The van der Waals surface area contributed by atoms with Crippen LogP contribution in [0.25, 0.3) is 0 Å². The number of benzene rings is 2. The highest BCUT2D eigenvalue weighted by molar-refractivity contribution is 6.10. The maximum absolute atomic E-state index is 13.7. The molecule has 2 heterocycles. The Morgan fingerprint density at radius 3 is 2.31 bits per heavy atom. The first-order valence-corrected chi connectivity index (χ1v) is 9.96. The minimum Gasteiger partial charge on any atom is -0.310 e. The van der Waals surface area contributed by atoms with Gasteiger partial charge in [-0.15, -0.1) is 0 Å². The van der Waals surface area contributed by atoms with Crippen LogP contribution in [0.1, 0.15) is 43.7 Å². The third-order valence-corrected chi connectivity index (χ3v) is 6.15. The van der Waals surface area contributed by atoms with E-state index in [1.807, 2.05) is 23.1 Å². The summed E-state index contributed by atoms with van der Waals surface area (Å²) in [6.45, 7) is 6.22. The first-order valence-electron chi connectivity index (χ1n) is 9.96. The van der Waals surface area contributed by atoms with Gasteiger partial charge in [-0.05, 0) is 49.5 Å². The second kappa shape index (κ2) is 7.24. The molecule has 0 saturated carbocycles. The third kappa shape index (κ3) is 2.75. The highest BCUT2D eigenvalue weighted by atomic mass is 16.2. The fourth-order valence-electron chi connectivity index (χ4n) is 4.72. The van der Waals surface area contributed by atoms with Crippen LogP contribution in [0.3, 0.4) is 0 Å². The molecule has 0 spiro atoms. The van der Waals surface area contributed by atoms with Crippen molar-refractivity contribution in [2.45, 2.75) is 38.0 Å². The van der Waals surface area contributed by atoms with Crippen molar-refractivity contribution in [2.24, 2.45) is 0 Å². The summed E-state index contributed by atoms with van der Waals surface area (Å²) in [7, 11) is 0. The number of piperidine rings is 1. The fraction of sp³-hybridized carbons (Fsp3) is 0.435. The Morgan fingerprint density at radius 2 is 1.58 bits per heavy atom. The second-order valence-electron chi connectivity index (χ2n) is 7.50. The molecule has 26 heavy (non-hydrogen) atoms. The fourth-order valence-corrected chi connectivity index (χ4v) is 4.72. The second-order valence-corrected chi connectivity index (χ2v) is 7.50. The lowest BCUT2D eigenvalue weighted by molar-refractivity contribution is -0.122. The molecule has 3 nitrogen and oxygen atoms in total. The lowest BCUT2D eigenvalue weighted by Gasteiger charge is -2.30. The zero-order valence-corrected chi connectivity index (χ0v) is 15.7. The Bertz CT molecular complexity index is 767. The minimum atomic E-state index is -0.542. The Labute approximate surface area is 156 Å². The van der Waals surface area contributed by atoms with Crippen LogP contribution in [0.15, 0.2) is 54.6 Å². The number of para-hydroxylation sites is 1. The van der Waals surface area contributed by atoms with Gasteiger partial charge in [-0.2, -0.15) is 0 Å². The SMILES string of the molecule is CCC1(c2ccccc2)C(=O)N(CCN2CCCCC2)c2ccccc21. The van der Waals surface area contributed by atoms with E-state index >= 15 is 0 Å². The van der Waals surface area contributed by atoms with Gasteiger partial charge < -0.3 is 9.80 Å². The standard InChI is InChI=1S/C23H28N2O/c1-2-23(19-11-5-3-6-12-19)20-13-7-8-14-21(20)25(22(23)26)18-17-24-15-9-4-10-16-24/h3,5-8,11-14H,2,4,9-10,15-18H2,1H3. The number of carbonyl (C=O) groups is 1. The molecule has 2 aromatic rings. The predicted molar refractivity (Wildman–Crippen MR) is 107 cm³/mol. The molecule has 0 radical (unpaired) electrons. The molecule has 136 valence electrons. The van der Waals surface area contributed by atoms with E-state index in [9.17, 15) is 4.79 Å². The summed E-state index contributed by atoms with van der Waals surface area (Å²) in [5.74, 6) is 0.240. The molecule has 2 aromatic carbocycles. The van der Waals surface area contributed by atoms with Crippen LogP contribution in [0.4, 0.5) is 5.69 Å². The summed E-state index contributed by atoms with van der Waals surface area (Å²) in [5, 5.41) is 0. The van der Waals surface area contributed by atoms with Gasteiger partial charge in [-0.25, -0.2) is 0 Å². The van der Waals surface area contributed by atoms with Gasteiger partial charge in [-0.3, -0.25) is 4.79 Å². The van der Waals surface area contributed by atoms with Crippen molar-refractivity contribution in [1.82, 2.24) is 4.90 Å². The molecule has 0 aromatic heterocycles. The third-order valence-electron chi connectivity index (χ3n) is 6.15. The maximum Gasteiger partial charge on any atom is 0.242 e. The Balaban J connectivity index is 1.68. The zero-order valence-electron chi connectivity index (χ0n) is 15.7. The first-order chi connectivity index (χ1) is 12.8. The summed E-state index contributed by atoms with van der Waals surface area (Å²) in [6, 6.07) is 18.7. The molecule has 1 fully saturated rings. The highest BCUT2D eigenvalue weighted by Gasteiger charge is 2.50. The monoisotopic (exact) mass is 348 g/mol. The molecule has 1 saturated heterocycles. The van der Waals surface area contributed by atoms with Crippen molar-refractivity contribution in [3.05, 3.63) is 65.7 Å². The molecule has 1 amide bonds. The molecular formula is C23H28N2O. The number of carbonyl (C=O) groups excluding carboxylic acids is 1. The minimum absolute atomic E-state index is 0.240. The topological polar surface area (TPSA) is 23.6 Å². The highest BCUT2D eigenvalue weighted by Crippen LogP contribution is 2.48. The number of amides is 1. The molecule has 2 aliphatic rings. The first kappa shape index (κ1) is 17.3. The Hall–Kier alpha value is -2.13. The molecule has 1 atom stereocenters. The summed E-state index contributed by atoms with van der Waals surface area (Å²) < 4.78 is 0. The number of anilines is 1. The van der Waals surface area contributed by atoms with E-state index in [4.69, 9.17) is 0 Å². The van der Waals surface area contributed by atoms with E-state index in [-0.39, 0.29) is 5.91 Å². The maximum atomic E-state index is 13.7. The molecule has 2 aliphatic heterocycles. The number of rotatable bonds is 5. The van der Waals surface area contributed by atoms with Gasteiger partial charge in [0, 0.05) is 18.8 Å². The van der Waals surface area contributed by atoms with Gasteiger partial charge >= 0.3 is 0 Å². The van der Waals surface area contributed by atoms with E-state index < -0.39 is 5.41 Å². The van der Waals surface area contributed by atoms with Gasteiger partial charge in [0.15, 0.2) is 0 Å². The van der Waals surface area contributed by atoms with Gasteiger partial charge in [0.05, 0.1) is 0 Å². The number of likely N-dealkylation sites (tertiary alicyclic amines) is 1. The van der Waals surface area contributed by atoms with Crippen molar-refractivity contribution in [1.29, 1.82) is 0 Å². The van der Waals surface area contributed by atoms with Crippen LogP contribution >= 0.6 is 0 Å². The van der Waals surface area contributed by atoms with E-state index in [2.05, 4.69) is 48.2 Å². The lowest BCUT2D eigenvalue weighted by Crippen LogP contribution is -2.44. The summed E-state index contributed by atoms with van der Waals surface area (Å²) >= 11 is 0.